The van der Waals surface area contributed by atoms with Gasteiger partial charge in [0.2, 0.25) is 12.5 Å². The highest BCUT2D eigenvalue weighted by atomic mass is 16.7. The second kappa shape index (κ2) is 7.75. The third kappa shape index (κ3) is 3.94. The van der Waals surface area contributed by atoms with Gasteiger partial charge in [-0.15, -0.1) is 0 Å². The molecule has 0 saturated carbocycles. The van der Waals surface area contributed by atoms with Gasteiger partial charge in [0.15, 0.2) is 17.3 Å². The number of hydrogen-bond donors (Lipinski definition) is 0. The summed E-state index contributed by atoms with van der Waals surface area (Å²) in [4.78, 5) is 12.3. The van der Waals surface area contributed by atoms with Crippen molar-refractivity contribution in [3.63, 3.8) is 0 Å². The van der Waals surface area contributed by atoms with Crippen molar-refractivity contribution in [1.82, 2.24) is 0 Å². The van der Waals surface area contributed by atoms with Crippen LogP contribution in [0.25, 0.3) is 6.08 Å². The number of ketones is 1. The van der Waals surface area contributed by atoms with E-state index in [9.17, 15) is 4.79 Å². The van der Waals surface area contributed by atoms with Crippen molar-refractivity contribution in [3.05, 3.63) is 53.6 Å². The number of hydrogen-bond acceptors (Lipinski definition) is 5. The van der Waals surface area contributed by atoms with Crippen LogP contribution in [0.1, 0.15) is 29.3 Å². The topological polar surface area (TPSA) is 54.0 Å². The largest absolute Gasteiger partial charge is 0.494 e. The Bertz CT molecular complexity index is 777. The second-order valence-electron chi connectivity index (χ2n) is 5.53. The lowest BCUT2D eigenvalue weighted by molar-refractivity contribution is 0.104. The van der Waals surface area contributed by atoms with E-state index in [1.54, 1.807) is 43.5 Å². The van der Waals surface area contributed by atoms with Crippen LogP contribution in [0.4, 0.5) is 0 Å². The normalized spacial score (nSPS) is 12.4. The molecule has 25 heavy (non-hydrogen) atoms. The molecule has 0 fully saturated rings. The van der Waals surface area contributed by atoms with Crippen LogP contribution < -0.4 is 18.9 Å². The zero-order valence-corrected chi connectivity index (χ0v) is 14.3. The first-order valence-electron chi connectivity index (χ1n) is 8.14. The van der Waals surface area contributed by atoms with Crippen LogP contribution in [-0.4, -0.2) is 26.3 Å². The molecule has 0 N–H and O–H groups in total. The number of ether oxygens (including phenoxy) is 4. The number of carbonyl (C=O) groups excluding carboxylic acids is 1. The minimum absolute atomic E-state index is 0.0846. The van der Waals surface area contributed by atoms with Gasteiger partial charge in [0, 0.05) is 5.56 Å². The average Bonchev–Trinajstić information content (AvgIpc) is 3.12. The van der Waals surface area contributed by atoms with Crippen LogP contribution in [-0.2, 0) is 0 Å². The average molecular weight is 340 g/mol. The molecule has 0 bridgehead atoms. The summed E-state index contributed by atoms with van der Waals surface area (Å²) < 4.78 is 21.6. The molecule has 0 radical (unpaired) electrons. The SMILES string of the molecule is CCCOc1ccc(C(=O)/C=C/c2cc(OC)c3c(c2)OCO3)cc1. The highest BCUT2D eigenvalue weighted by Crippen LogP contribution is 2.42. The van der Waals surface area contributed by atoms with Gasteiger partial charge in [0.05, 0.1) is 13.7 Å². The maximum Gasteiger partial charge on any atom is 0.231 e. The molecule has 1 heterocycles. The fraction of sp³-hybridized carbons (Fsp3) is 0.250. The minimum Gasteiger partial charge on any atom is -0.494 e. The molecular formula is C20H20O5. The fourth-order valence-electron chi connectivity index (χ4n) is 2.45. The lowest BCUT2D eigenvalue weighted by Gasteiger charge is -2.06. The van der Waals surface area contributed by atoms with E-state index in [2.05, 4.69) is 0 Å². The summed E-state index contributed by atoms with van der Waals surface area (Å²) in [6.07, 6.45) is 4.20. The highest BCUT2D eigenvalue weighted by Gasteiger charge is 2.19. The van der Waals surface area contributed by atoms with Crippen LogP contribution in [0.15, 0.2) is 42.5 Å². The van der Waals surface area contributed by atoms with Crippen LogP contribution >= 0.6 is 0 Å². The molecule has 2 aromatic carbocycles. The maximum atomic E-state index is 12.3. The summed E-state index contributed by atoms with van der Waals surface area (Å²) in [6.45, 7) is 2.89. The first kappa shape index (κ1) is 16.9. The van der Waals surface area contributed by atoms with Gasteiger partial charge in [-0.05, 0) is 54.5 Å². The van der Waals surface area contributed by atoms with Crippen LogP contribution in [0.3, 0.4) is 0 Å². The van der Waals surface area contributed by atoms with Crippen molar-refractivity contribution >= 4 is 11.9 Å². The smallest absolute Gasteiger partial charge is 0.231 e. The van der Waals surface area contributed by atoms with Gasteiger partial charge in [-0.1, -0.05) is 13.0 Å². The first-order valence-corrected chi connectivity index (χ1v) is 8.14. The molecule has 0 aliphatic carbocycles. The van der Waals surface area contributed by atoms with Gasteiger partial charge in [0.1, 0.15) is 5.75 Å². The van der Waals surface area contributed by atoms with E-state index in [1.165, 1.54) is 6.08 Å². The third-order valence-corrected chi connectivity index (χ3v) is 3.72. The van der Waals surface area contributed by atoms with E-state index in [1.807, 2.05) is 13.0 Å². The van der Waals surface area contributed by atoms with Gasteiger partial charge in [-0.2, -0.15) is 0 Å². The van der Waals surface area contributed by atoms with Crippen molar-refractivity contribution in [2.24, 2.45) is 0 Å². The standard InChI is InChI=1S/C20H20O5/c1-3-10-23-16-7-5-15(6-8-16)17(21)9-4-14-11-18(22-2)20-19(12-14)24-13-25-20/h4-9,11-12H,3,10,13H2,1-2H3/b9-4+. The summed E-state index contributed by atoms with van der Waals surface area (Å²) in [7, 11) is 1.57. The van der Waals surface area contributed by atoms with Crippen LogP contribution in [0, 0.1) is 0 Å². The molecule has 0 atom stereocenters. The predicted octanol–water partition coefficient (Wildman–Crippen LogP) is 4.11. The Balaban J connectivity index is 1.72. The van der Waals surface area contributed by atoms with E-state index >= 15 is 0 Å². The molecule has 0 spiro atoms. The summed E-state index contributed by atoms with van der Waals surface area (Å²) in [5.41, 5.74) is 1.41. The highest BCUT2D eigenvalue weighted by molar-refractivity contribution is 6.06. The summed E-state index contributed by atoms with van der Waals surface area (Å²) in [5.74, 6) is 2.47. The number of allylic oxidation sites excluding steroid dienone is 1. The molecule has 0 aromatic heterocycles. The Morgan fingerprint density at radius 1 is 1.20 bits per heavy atom. The van der Waals surface area contributed by atoms with Crippen molar-refractivity contribution in [3.8, 4) is 23.0 Å². The molecule has 1 aliphatic heterocycles. The summed E-state index contributed by atoms with van der Waals surface area (Å²) in [6, 6.07) is 10.8. The molecule has 0 amide bonds. The van der Waals surface area contributed by atoms with Gasteiger partial charge >= 0.3 is 0 Å². The molecule has 1 aliphatic rings. The van der Waals surface area contributed by atoms with E-state index in [4.69, 9.17) is 18.9 Å². The van der Waals surface area contributed by atoms with Gasteiger partial charge in [0.25, 0.3) is 0 Å². The molecule has 2 aromatic rings. The lowest BCUT2D eigenvalue weighted by atomic mass is 10.1. The number of rotatable bonds is 7. The van der Waals surface area contributed by atoms with Crippen molar-refractivity contribution in [1.29, 1.82) is 0 Å². The van der Waals surface area contributed by atoms with Crippen LogP contribution in [0.5, 0.6) is 23.0 Å². The Kier molecular flexibility index (Phi) is 5.23. The van der Waals surface area contributed by atoms with Gasteiger partial charge in [-0.25, -0.2) is 0 Å². The summed E-state index contributed by atoms with van der Waals surface area (Å²) in [5, 5.41) is 0. The van der Waals surface area contributed by atoms with Crippen molar-refractivity contribution < 1.29 is 23.7 Å². The number of benzene rings is 2. The third-order valence-electron chi connectivity index (χ3n) is 3.72. The minimum atomic E-state index is -0.0846. The predicted molar refractivity (Wildman–Crippen MR) is 94.7 cm³/mol. The quantitative estimate of drug-likeness (QED) is 0.561. The van der Waals surface area contributed by atoms with Crippen LogP contribution in [0.2, 0.25) is 0 Å². The Morgan fingerprint density at radius 3 is 2.72 bits per heavy atom. The second-order valence-corrected chi connectivity index (χ2v) is 5.53. The maximum absolute atomic E-state index is 12.3. The number of carbonyl (C=O) groups is 1. The van der Waals surface area contributed by atoms with E-state index < -0.39 is 0 Å². The molecule has 0 unspecified atom stereocenters. The number of fused-ring (bicyclic) bond motifs is 1. The molecular weight excluding hydrogens is 320 g/mol. The van der Waals surface area contributed by atoms with Gasteiger partial charge < -0.3 is 18.9 Å². The fourth-order valence-corrected chi connectivity index (χ4v) is 2.45. The molecule has 0 saturated heterocycles. The monoisotopic (exact) mass is 340 g/mol. The molecule has 5 heteroatoms. The Morgan fingerprint density at radius 2 is 2.00 bits per heavy atom. The molecule has 3 rings (SSSR count). The Hall–Kier alpha value is -2.95. The van der Waals surface area contributed by atoms with Crippen molar-refractivity contribution in [2.45, 2.75) is 13.3 Å². The Labute approximate surface area is 146 Å². The van der Waals surface area contributed by atoms with Crippen molar-refractivity contribution in [2.75, 3.05) is 20.5 Å². The lowest BCUT2D eigenvalue weighted by Crippen LogP contribution is -1.97. The van der Waals surface area contributed by atoms with Gasteiger partial charge in [-0.3, -0.25) is 4.79 Å². The zero-order chi connectivity index (χ0) is 17.6. The molecule has 130 valence electrons. The first-order chi connectivity index (χ1) is 12.2. The molecule has 5 nitrogen and oxygen atoms in total. The summed E-state index contributed by atoms with van der Waals surface area (Å²) >= 11 is 0. The van der Waals surface area contributed by atoms with E-state index in [0.717, 1.165) is 17.7 Å². The zero-order valence-electron chi connectivity index (χ0n) is 14.3. The van der Waals surface area contributed by atoms with E-state index in [0.29, 0.717) is 29.4 Å². The number of methoxy groups -OCH3 is 1. The van der Waals surface area contributed by atoms with E-state index in [-0.39, 0.29) is 12.6 Å².